The summed E-state index contributed by atoms with van der Waals surface area (Å²) in [4.78, 5) is 13.8. The maximum atomic E-state index is 12.2. The number of benzene rings is 1. The van der Waals surface area contributed by atoms with Gasteiger partial charge in [0.25, 0.3) is 0 Å². The van der Waals surface area contributed by atoms with Crippen LogP contribution in [-0.2, 0) is 16.1 Å². The molecule has 1 fully saturated rings. The van der Waals surface area contributed by atoms with E-state index < -0.39 is 6.10 Å². The van der Waals surface area contributed by atoms with Crippen LogP contribution in [0, 0.1) is 0 Å². The number of likely N-dealkylation sites (N-methyl/N-ethyl adjacent to an activating group) is 1. The number of aliphatic hydroxyl groups is 1. The van der Waals surface area contributed by atoms with Crippen molar-refractivity contribution < 1.29 is 14.6 Å². The standard InChI is InChI=1S/C17H26N2O3/c1-19(17(21)16-9-5-6-10-18-16)11-15(20)13-22-12-14-7-3-2-4-8-14/h2-4,7-8,15-16,18,20H,5-6,9-13H2,1H3. The molecule has 2 N–H and O–H groups in total. The fourth-order valence-electron chi connectivity index (χ4n) is 2.67. The third-order valence-corrected chi connectivity index (χ3v) is 3.89. The maximum absolute atomic E-state index is 12.2. The van der Waals surface area contributed by atoms with Gasteiger partial charge in [0.1, 0.15) is 0 Å². The highest BCUT2D eigenvalue weighted by Crippen LogP contribution is 2.09. The largest absolute Gasteiger partial charge is 0.389 e. The molecule has 1 heterocycles. The number of amides is 1. The van der Waals surface area contributed by atoms with Gasteiger partial charge in [-0.15, -0.1) is 0 Å². The first-order valence-electron chi connectivity index (χ1n) is 7.95. The number of ether oxygens (including phenoxy) is 1. The summed E-state index contributed by atoms with van der Waals surface area (Å²) in [6, 6.07) is 9.74. The number of hydrogen-bond acceptors (Lipinski definition) is 4. The zero-order valence-electron chi connectivity index (χ0n) is 13.2. The molecule has 1 aliphatic heterocycles. The van der Waals surface area contributed by atoms with Crippen molar-refractivity contribution in [3.63, 3.8) is 0 Å². The van der Waals surface area contributed by atoms with Gasteiger partial charge in [-0.05, 0) is 24.9 Å². The van der Waals surface area contributed by atoms with E-state index in [1.54, 1.807) is 11.9 Å². The van der Waals surface area contributed by atoms with E-state index in [9.17, 15) is 9.90 Å². The van der Waals surface area contributed by atoms with Crippen LogP contribution in [0.5, 0.6) is 0 Å². The Morgan fingerprint density at radius 1 is 1.41 bits per heavy atom. The van der Waals surface area contributed by atoms with Crippen LogP contribution in [0.2, 0.25) is 0 Å². The van der Waals surface area contributed by atoms with Crippen LogP contribution in [0.1, 0.15) is 24.8 Å². The Labute approximate surface area is 132 Å². The summed E-state index contributed by atoms with van der Waals surface area (Å²) in [6.07, 6.45) is 2.42. The number of nitrogens with zero attached hydrogens (tertiary/aromatic N) is 1. The van der Waals surface area contributed by atoms with E-state index in [0.29, 0.717) is 13.2 Å². The number of rotatable bonds is 7. The van der Waals surface area contributed by atoms with Crippen LogP contribution < -0.4 is 5.32 Å². The maximum Gasteiger partial charge on any atom is 0.239 e. The van der Waals surface area contributed by atoms with E-state index in [1.165, 1.54) is 0 Å². The fourth-order valence-corrected chi connectivity index (χ4v) is 2.67. The minimum atomic E-state index is -0.666. The average molecular weight is 306 g/mol. The van der Waals surface area contributed by atoms with Gasteiger partial charge in [-0.1, -0.05) is 36.8 Å². The Morgan fingerprint density at radius 2 is 2.18 bits per heavy atom. The molecular formula is C17H26N2O3. The van der Waals surface area contributed by atoms with Crippen molar-refractivity contribution in [3.05, 3.63) is 35.9 Å². The molecule has 0 aliphatic carbocycles. The summed E-state index contributed by atoms with van der Waals surface area (Å²) in [6.45, 7) is 1.89. The molecular weight excluding hydrogens is 280 g/mol. The Balaban J connectivity index is 1.67. The summed E-state index contributed by atoms with van der Waals surface area (Å²) < 4.78 is 5.50. The summed E-state index contributed by atoms with van der Waals surface area (Å²) in [5, 5.41) is 13.2. The van der Waals surface area contributed by atoms with Crippen molar-refractivity contribution in [1.82, 2.24) is 10.2 Å². The van der Waals surface area contributed by atoms with Gasteiger partial charge >= 0.3 is 0 Å². The second kappa shape index (κ2) is 8.88. The monoisotopic (exact) mass is 306 g/mol. The lowest BCUT2D eigenvalue weighted by Gasteiger charge is -2.28. The van der Waals surface area contributed by atoms with Crippen molar-refractivity contribution in [1.29, 1.82) is 0 Å². The van der Waals surface area contributed by atoms with Crippen LogP contribution in [0.4, 0.5) is 0 Å². The number of aliphatic hydroxyl groups excluding tert-OH is 1. The molecule has 0 bridgehead atoms. The third-order valence-electron chi connectivity index (χ3n) is 3.89. The molecule has 1 aromatic rings. The zero-order valence-corrected chi connectivity index (χ0v) is 13.2. The first-order chi connectivity index (χ1) is 10.7. The molecule has 5 heteroatoms. The molecule has 0 saturated carbocycles. The van der Waals surface area contributed by atoms with Crippen LogP contribution >= 0.6 is 0 Å². The molecule has 1 saturated heterocycles. The molecule has 1 amide bonds. The number of hydrogen-bond donors (Lipinski definition) is 2. The predicted molar refractivity (Wildman–Crippen MR) is 85.4 cm³/mol. The smallest absolute Gasteiger partial charge is 0.239 e. The van der Waals surface area contributed by atoms with E-state index in [1.807, 2.05) is 30.3 Å². The third kappa shape index (κ3) is 5.40. The molecule has 2 rings (SSSR count). The highest BCUT2D eigenvalue weighted by Gasteiger charge is 2.24. The van der Waals surface area contributed by atoms with Crippen molar-refractivity contribution in [2.75, 3.05) is 26.7 Å². The van der Waals surface area contributed by atoms with E-state index in [-0.39, 0.29) is 18.6 Å². The summed E-state index contributed by atoms with van der Waals surface area (Å²) in [7, 11) is 1.74. The first kappa shape index (κ1) is 16.9. The topological polar surface area (TPSA) is 61.8 Å². The highest BCUT2D eigenvalue weighted by atomic mass is 16.5. The second-order valence-corrected chi connectivity index (χ2v) is 5.88. The van der Waals surface area contributed by atoms with Crippen LogP contribution in [0.3, 0.4) is 0 Å². The van der Waals surface area contributed by atoms with Gasteiger partial charge < -0.3 is 20.1 Å². The lowest BCUT2D eigenvalue weighted by atomic mass is 10.0. The minimum absolute atomic E-state index is 0.0572. The molecule has 122 valence electrons. The molecule has 1 aliphatic rings. The molecule has 1 aromatic carbocycles. The molecule has 0 spiro atoms. The molecule has 5 nitrogen and oxygen atoms in total. The molecule has 2 unspecified atom stereocenters. The Hall–Kier alpha value is -1.43. The van der Waals surface area contributed by atoms with E-state index in [2.05, 4.69) is 5.32 Å². The van der Waals surface area contributed by atoms with E-state index in [0.717, 1.165) is 31.4 Å². The van der Waals surface area contributed by atoms with Crippen LogP contribution in [-0.4, -0.2) is 54.8 Å². The van der Waals surface area contributed by atoms with Crippen molar-refractivity contribution >= 4 is 5.91 Å². The molecule has 0 aromatic heterocycles. The zero-order chi connectivity index (χ0) is 15.8. The van der Waals surface area contributed by atoms with Crippen molar-refractivity contribution in [3.8, 4) is 0 Å². The normalized spacial score (nSPS) is 19.6. The van der Waals surface area contributed by atoms with Crippen LogP contribution in [0.25, 0.3) is 0 Å². The first-order valence-corrected chi connectivity index (χ1v) is 7.95. The van der Waals surface area contributed by atoms with Crippen molar-refractivity contribution in [2.24, 2.45) is 0 Å². The van der Waals surface area contributed by atoms with Gasteiger partial charge in [0.2, 0.25) is 5.91 Å². The van der Waals surface area contributed by atoms with Gasteiger partial charge in [-0.25, -0.2) is 0 Å². The van der Waals surface area contributed by atoms with E-state index >= 15 is 0 Å². The summed E-state index contributed by atoms with van der Waals surface area (Å²) in [5.74, 6) is 0.0572. The summed E-state index contributed by atoms with van der Waals surface area (Å²) in [5.41, 5.74) is 1.07. The fraction of sp³-hybridized carbons (Fsp3) is 0.588. The van der Waals surface area contributed by atoms with Crippen LogP contribution in [0.15, 0.2) is 30.3 Å². The minimum Gasteiger partial charge on any atom is -0.389 e. The molecule has 22 heavy (non-hydrogen) atoms. The Morgan fingerprint density at radius 3 is 2.86 bits per heavy atom. The molecule has 0 radical (unpaired) electrons. The Bertz CT molecular complexity index is 446. The number of carbonyl (C=O) groups is 1. The lowest BCUT2D eigenvalue weighted by molar-refractivity contribution is -0.134. The quantitative estimate of drug-likeness (QED) is 0.794. The average Bonchev–Trinajstić information content (AvgIpc) is 2.56. The molecule has 2 atom stereocenters. The van der Waals surface area contributed by atoms with Gasteiger partial charge in [0.05, 0.1) is 25.4 Å². The van der Waals surface area contributed by atoms with E-state index in [4.69, 9.17) is 4.74 Å². The number of carbonyl (C=O) groups excluding carboxylic acids is 1. The number of piperidine rings is 1. The lowest BCUT2D eigenvalue weighted by Crippen LogP contribution is -2.49. The van der Waals surface area contributed by atoms with Gasteiger partial charge in [0.15, 0.2) is 0 Å². The summed E-state index contributed by atoms with van der Waals surface area (Å²) >= 11 is 0. The van der Waals surface area contributed by atoms with Gasteiger partial charge in [-0.3, -0.25) is 4.79 Å². The highest BCUT2D eigenvalue weighted by molar-refractivity contribution is 5.81. The number of nitrogens with one attached hydrogen (secondary N) is 1. The van der Waals surface area contributed by atoms with Gasteiger partial charge in [-0.2, -0.15) is 0 Å². The second-order valence-electron chi connectivity index (χ2n) is 5.88. The van der Waals surface area contributed by atoms with Gasteiger partial charge in [0, 0.05) is 13.6 Å². The SMILES string of the molecule is CN(CC(O)COCc1ccccc1)C(=O)C1CCCCN1. The predicted octanol–water partition coefficient (Wildman–Crippen LogP) is 1.16. The Kier molecular flexibility index (Phi) is 6.83. The van der Waals surface area contributed by atoms with Crippen molar-refractivity contribution in [2.45, 2.75) is 38.0 Å².